The van der Waals surface area contributed by atoms with E-state index in [2.05, 4.69) is 54.3 Å². The van der Waals surface area contributed by atoms with Crippen molar-refractivity contribution in [3.63, 3.8) is 0 Å². The molecule has 1 heteroatoms. The van der Waals surface area contributed by atoms with E-state index >= 15 is 0 Å². The van der Waals surface area contributed by atoms with E-state index in [4.69, 9.17) is 0 Å². The average Bonchev–Trinajstić information content (AvgIpc) is 1.85. The molecule has 1 aromatic rings. The molecule has 0 unspecified atom stereocenters. The van der Waals surface area contributed by atoms with Crippen LogP contribution in [0.25, 0.3) is 6.08 Å². The van der Waals surface area contributed by atoms with E-state index in [0.29, 0.717) is 0 Å². The molecule has 0 heterocycles. The summed E-state index contributed by atoms with van der Waals surface area (Å²) in [5, 5.41) is 0. The lowest BCUT2D eigenvalue weighted by molar-refractivity contribution is 1.44. The van der Waals surface area contributed by atoms with Crippen molar-refractivity contribution in [2.45, 2.75) is 6.92 Å². The van der Waals surface area contributed by atoms with Crippen molar-refractivity contribution >= 4 is 28.7 Å². The molecule has 0 aliphatic heterocycles. The van der Waals surface area contributed by atoms with Crippen molar-refractivity contribution in [2.24, 2.45) is 0 Å². The van der Waals surface area contributed by atoms with Gasteiger partial charge in [-0.15, -0.1) is 0 Å². The molecule has 0 saturated heterocycles. The number of hydrogen-bond acceptors (Lipinski definition) is 0. The Hall–Kier alpha value is -0.310. The lowest BCUT2D eigenvalue weighted by atomic mass is 10.1. The first kappa shape index (κ1) is 7.79. The minimum atomic E-state index is 1.20. The zero-order chi connectivity index (χ0) is 7.56. The predicted molar refractivity (Wildman–Crippen MR) is 54.0 cm³/mol. The fraction of sp³-hybridized carbons (Fsp3) is 0.111. The standard InChI is InChI=1S/C9H9I/c1-3-8-4-7(2)5-9(10)6-8/h3-6H,1H2,2H3. The van der Waals surface area contributed by atoms with Gasteiger partial charge < -0.3 is 0 Å². The first-order valence-corrected chi connectivity index (χ1v) is 4.20. The quantitative estimate of drug-likeness (QED) is 0.665. The van der Waals surface area contributed by atoms with Crippen molar-refractivity contribution in [2.75, 3.05) is 0 Å². The number of aryl methyl sites for hydroxylation is 1. The maximum Gasteiger partial charge on any atom is 0.0138 e. The van der Waals surface area contributed by atoms with E-state index < -0.39 is 0 Å². The Labute approximate surface area is 75.1 Å². The summed E-state index contributed by atoms with van der Waals surface area (Å²) in [4.78, 5) is 0. The zero-order valence-corrected chi connectivity index (χ0v) is 8.05. The SMILES string of the molecule is C=Cc1cc(C)cc(I)c1. The summed E-state index contributed by atoms with van der Waals surface area (Å²) >= 11 is 2.31. The van der Waals surface area contributed by atoms with Gasteiger partial charge in [-0.05, 0) is 52.8 Å². The highest BCUT2D eigenvalue weighted by Gasteiger charge is 1.90. The van der Waals surface area contributed by atoms with Crippen LogP contribution in [0.4, 0.5) is 0 Å². The van der Waals surface area contributed by atoms with Crippen molar-refractivity contribution in [1.29, 1.82) is 0 Å². The minimum Gasteiger partial charge on any atom is -0.0985 e. The maximum absolute atomic E-state index is 3.71. The lowest BCUT2D eigenvalue weighted by Gasteiger charge is -1.96. The molecule has 0 amide bonds. The third-order valence-corrected chi connectivity index (χ3v) is 1.92. The van der Waals surface area contributed by atoms with Gasteiger partial charge in [0.15, 0.2) is 0 Å². The summed E-state index contributed by atoms with van der Waals surface area (Å²) in [6.07, 6.45) is 1.87. The van der Waals surface area contributed by atoms with Crippen LogP contribution < -0.4 is 0 Å². The Morgan fingerprint density at radius 2 is 2.10 bits per heavy atom. The Morgan fingerprint density at radius 3 is 2.60 bits per heavy atom. The molecule has 1 rings (SSSR count). The van der Waals surface area contributed by atoms with Gasteiger partial charge in [0.2, 0.25) is 0 Å². The highest BCUT2D eigenvalue weighted by molar-refractivity contribution is 14.1. The van der Waals surface area contributed by atoms with Gasteiger partial charge in [0.1, 0.15) is 0 Å². The molecule has 0 spiro atoms. The molecule has 0 saturated carbocycles. The molecule has 0 atom stereocenters. The molecule has 0 aromatic heterocycles. The second kappa shape index (κ2) is 3.19. The number of rotatable bonds is 1. The van der Waals surface area contributed by atoms with Crippen LogP contribution in [0.15, 0.2) is 24.8 Å². The summed E-state index contributed by atoms with van der Waals surface area (Å²) < 4.78 is 1.27. The van der Waals surface area contributed by atoms with Crippen LogP contribution in [0, 0.1) is 10.5 Å². The van der Waals surface area contributed by atoms with Gasteiger partial charge in [-0.2, -0.15) is 0 Å². The summed E-state index contributed by atoms with van der Waals surface area (Å²) in [7, 11) is 0. The van der Waals surface area contributed by atoms with E-state index in [0.717, 1.165) is 0 Å². The second-order valence-electron chi connectivity index (χ2n) is 2.27. The molecule has 0 aliphatic rings. The molecule has 52 valence electrons. The van der Waals surface area contributed by atoms with Gasteiger partial charge in [-0.25, -0.2) is 0 Å². The minimum absolute atomic E-state index is 1.20. The van der Waals surface area contributed by atoms with Crippen LogP contribution in [-0.4, -0.2) is 0 Å². The van der Waals surface area contributed by atoms with E-state index in [1.807, 2.05) is 6.08 Å². The number of benzene rings is 1. The molecule has 0 N–H and O–H groups in total. The normalized spacial score (nSPS) is 9.40. The number of halogens is 1. The first-order chi connectivity index (χ1) is 4.72. The van der Waals surface area contributed by atoms with Gasteiger partial charge in [0.05, 0.1) is 0 Å². The van der Waals surface area contributed by atoms with E-state index in [-0.39, 0.29) is 0 Å². The summed E-state index contributed by atoms with van der Waals surface area (Å²) in [5.41, 5.74) is 2.49. The van der Waals surface area contributed by atoms with Gasteiger partial charge in [-0.1, -0.05) is 18.7 Å². The van der Waals surface area contributed by atoms with E-state index in [1.165, 1.54) is 14.7 Å². The fourth-order valence-corrected chi connectivity index (χ4v) is 1.73. The van der Waals surface area contributed by atoms with Gasteiger partial charge in [0.25, 0.3) is 0 Å². The van der Waals surface area contributed by atoms with Crippen molar-refractivity contribution in [3.05, 3.63) is 39.5 Å². The van der Waals surface area contributed by atoms with Crippen LogP contribution in [0.2, 0.25) is 0 Å². The Morgan fingerprint density at radius 1 is 1.40 bits per heavy atom. The summed E-state index contributed by atoms with van der Waals surface area (Å²) in [6, 6.07) is 6.38. The summed E-state index contributed by atoms with van der Waals surface area (Å²) in [6.45, 7) is 5.80. The van der Waals surface area contributed by atoms with Crippen LogP contribution in [0.5, 0.6) is 0 Å². The average molecular weight is 244 g/mol. The molecule has 10 heavy (non-hydrogen) atoms. The first-order valence-electron chi connectivity index (χ1n) is 3.12. The zero-order valence-electron chi connectivity index (χ0n) is 5.89. The maximum atomic E-state index is 3.71. The molecular formula is C9H9I. The largest absolute Gasteiger partial charge is 0.0985 e. The molecule has 0 nitrogen and oxygen atoms in total. The van der Waals surface area contributed by atoms with Crippen LogP contribution in [-0.2, 0) is 0 Å². The van der Waals surface area contributed by atoms with Gasteiger partial charge in [0, 0.05) is 3.57 Å². The van der Waals surface area contributed by atoms with Crippen LogP contribution >= 0.6 is 22.6 Å². The van der Waals surface area contributed by atoms with Crippen molar-refractivity contribution in [3.8, 4) is 0 Å². The molecular weight excluding hydrogens is 235 g/mol. The van der Waals surface area contributed by atoms with Crippen LogP contribution in [0.3, 0.4) is 0 Å². The number of hydrogen-bond donors (Lipinski definition) is 0. The predicted octanol–water partition coefficient (Wildman–Crippen LogP) is 3.24. The van der Waals surface area contributed by atoms with E-state index in [9.17, 15) is 0 Å². The lowest BCUT2D eigenvalue weighted by Crippen LogP contribution is -1.78. The Balaban J connectivity index is 3.18. The molecule has 0 fully saturated rings. The summed E-state index contributed by atoms with van der Waals surface area (Å²) in [5.74, 6) is 0. The third kappa shape index (κ3) is 1.84. The molecule has 0 radical (unpaired) electrons. The second-order valence-corrected chi connectivity index (χ2v) is 3.51. The molecule has 1 aromatic carbocycles. The fourth-order valence-electron chi connectivity index (χ4n) is 0.882. The highest BCUT2D eigenvalue weighted by Crippen LogP contribution is 2.12. The van der Waals surface area contributed by atoms with Crippen molar-refractivity contribution < 1.29 is 0 Å². The highest BCUT2D eigenvalue weighted by atomic mass is 127. The smallest absolute Gasteiger partial charge is 0.0138 e. The van der Waals surface area contributed by atoms with Crippen molar-refractivity contribution in [1.82, 2.24) is 0 Å². The van der Waals surface area contributed by atoms with Gasteiger partial charge in [-0.3, -0.25) is 0 Å². The Bertz CT molecular complexity index is 231. The topological polar surface area (TPSA) is 0 Å². The Kier molecular flexibility index (Phi) is 2.49. The molecule has 0 aliphatic carbocycles. The monoisotopic (exact) mass is 244 g/mol. The third-order valence-electron chi connectivity index (χ3n) is 1.30. The van der Waals surface area contributed by atoms with E-state index in [1.54, 1.807) is 0 Å². The van der Waals surface area contributed by atoms with Gasteiger partial charge >= 0.3 is 0 Å². The van der Waals surface area contributed by atoms with Crippen LogP contribution in [0.1, 0.15) is 11.1 Å². The molecule has 0 bridgehead atoms.